The van der Waals surface area contributed by atoms with Gasteiger partial charge in [-0.25, -0.2) is 0 Å². The quantitative estimate of drug-likeness (QED) is 0.811. The lowest BCUT2D eigenvalue weighted by atomic mass is 9.75. The van der Waals surface area contributed by atoms with E-state index < -0.39 is 6.04 Å². The standard InChI is InChI=1S/C19H27N3O/c1-19(2)9-7-14(8-10-19)22-18(23)16(20)11-13-12-21-17-6-4-3-5-15(13)17/h3-6,12,14,16,21H,7-11,20H2,1-2H3,(H,22,23)/t16-/m0/s1. The largest absolute Gasteiger partial charge is 0.361 e. The van der Waals surface area contributed by atoms with Crippen LogP contribution in [0.1, 0.15) is 45.1 Å². The average molecular weight is 313 g/mol. The number of H-pyrrole nitrogens is 1. The summed E-state index contributed by atoms with van der Waals surface area (Å²) in [5.41, 5.74) is 8.75. The zero-order valence-corrected chi connectivity index (χ0v) is 14.1. The van der Waals surface area contributed by atoms with Gasteiger partial charge in [0.1, 0.15) is 0 Å². The highest BCUT2D eigenvalue weighted by atomic mass is 16.2. The van der Waals surface area contributed by atoms with Gasteiger partial charge in [-0.3, -0.25) is 4.79 Å². The van der Waals surface area contributed by atoms with Crippen molar-refractivity contribution in [1.29, 1.82) is 0 Å². The van der Waals surface area contributed by atoms with Crippen LogP contribution in [0.3, 0.4) is 0 Å². The third kappa shape index (κ3) is 3.75. The molecular weight excluding hydrogens is 286 g/mol. The van der Waals surface area contributed by atoms with Gasteiger partial charge >= 0.3 is 0 Å². The number of aromatic nitrogens is 1. The van der Waals surface area contributed by atoms with Crippen molar-refractivity contribution in [3.63, 3.8) is 0 Å². The first-order valence-corrected chi connectivity index (χ1v) is 8.55. The number of rotatable bonds is 4. The Labute approximate surface area is 137 Å². The van der Waals surface area contributed by atoms with Crippen molar-refractivity contribution in [1.82, 2.24) is 10.3 Å². The molecule has 1 amide bonds. The first kappa shape index (κ1) is 16.1. The second-order valence-electron chi connectivity index (χ2n) is 7.62. The van der Waals surface area contributed by atoms with Crippen molar-refractivity contribution in [2.24, 2.45) is 11.1 Å². The highest BCUT2D eigenvalue weighted by molar-refractivity contribution is 5.86. The molecule has 124 valence electrons. The monoisotopic (exact) mass is 313 g/mol. The molecule has 0 spiro atoms. The fourth-order valence-electron chi connectivity index (χ4n) is 3.48. The maximum atomic E-state index is 12.4. The second kappa shape index (κ2) is 6.36. The summed E-state index contributed by atoms with van der Waals surface area (Å²) in [5.74, 6) is -0.0278. The number of fused-ring (bicyclic) bond motifs is 1. The zero-order valence-electron chi connectivity index (χ0n) is 14.1. The molecule has 1 fully saturated rings. The Kier molecular flexibility index (Phi) is 4.44. The normalized spacial score (nSPS) is 19.6. The number of hydrogen-bond donors (Lipinski definition) is 3. The molecule has 0 saturated heterocycles. The Balaban J connectivity index is 1.58. The van der Waals surface area contributed by atoms with Crippen LogP contribution in [0.25, 0.3) is 10.9 Å². The summed E-state index contributed by atoms with van der Waals surface area (Å²) in [4.78, 5) is 15.6. The van der Waals surface area contributed by atoms with Crippen LogP contribution in [0.5, 0.6) is 0 Å². The minimum absolute atomic E-state index is 0.0278. The number of benzene rings is 1. The van der Waals surface area contributed by atoms with Crippen LogP contribution in [0, 0.1) is 5.41 Å². The molecule has 0 radical (unpaired) electrons. The number of nitrogens with one attached hydrogen (secondary N) is 2. The van der Waals surface area contributed by atoms with E-state index in [-0.39, 0.29) is 11.9 Å². The molecule has 0 bridgehead atoms. The summed E-state index contributed by atoms with van der Waals surface area (Å²) >= 11 is 0. The predicted octanol–water partition coefficient (Wildman–Crippen LogP) is 3.12. The number of para-hydroxylation sites is 1. The van der Waals surface area contributed by atoms with E-state index in [0.717, 1.165) is 42.1 Å². The van der Waals surface area contributed by atoms with Crippen LogP contribution < -0.4 is 11.1 Å². The molecule has 4 heteroatoms. The molecule has 1 heterocycles. The Hall–Kier alpha value is -1.81. The molecule has 0 unspecified atom stereocenters. The lowest BCUT2D eigenvalue weighted by molar-refractivity contribution is -0.123. The van der Waals surface area contributed by atoms with Gasteiger partial charge in [0.05, 0.1) is 6.04 Å². The summed E-state index contributed by atoms with van der Waals surface area (Å²) in [7, 11) is 0. The first-order chi connectivity index (χ1) is 10.9. The molecule has 1 aromatic heterocycles. The van der Waals surface area contributed by atoms with Gasteiger partial charge in [0.15, 0.2) is 0 Å². The number of hydrogen-bond acceptors (Lipinski definition) is 2. The van der Waals surface area contributed by atoms with Crippen molar-refractivity contribution in [2.45, 2.75) is 58.0 Å². The van der Waals surface area contributed by atoms with Crippen LogP contribution in [0.2, 0.25) is 0 Å². The molecule has 1 saturated carbocycles. The van der Waals surface area contributed by atoms with E-state index in [2.05, 4.69) is 30.2 Å². The van der Waals surface area contributed by atoms with Crippen LogP contribution in [-0.2, 0) is 11.2 Å². The summed E-state index contributed by atoms with van der Waals surface area (Å²) < 4.78 is 0. The molecule has 2 aromatic rings. The van der Waals surface area contributed by atoms with Gasteiger partial charge in [-0.15, -0.1) is 0 Å². The van der Waals surface area contributed by atoms with E-state index in [0.29, 0.717) is 11.8 Å². The van der Waals surface area contributed by atoms with E-state index in [9.17, 15) is 4.79 Å². The van der Waals surface area contributed by atoms with Gasteiger partial charge in [-0.05, 0) is 49.1 Å². The average Bonchev–Trinajstić information content (AvgIpc) is 2.92. The van der Waals surface area contributed by atoms with E-state index in [1.54, 1.807) is 0 Å². The summed E-state index contributed by atoms with van der Waals surface area (Å²) in [6.45, 7) is 4.60. The highest BCUT2D eigenvalue weighted by Gasteiger charge is 2.28. The highest BCUT2D eigenvalue weighted by Crippen LogP contribution is 2.35. The molecule has 0 aliphatic heterocycles. The smallest absolute Gasteiger partial charge is 0.237 e. The van der Waals surface area contributed by atoms with Crippen molar-refractivity contribution >= 4 is 16.8 Å². The summed E-state index contributed by atoms with van der Waals surface area (Å²) in [6, 6.07) is 7.90. The van der Waals surface area contributed by atoms with Crippen molar-refractivity contribution in [3.8, 4) is 0 Å². The topological polar surface area (TPSA) is 70.9 Å². The Morgan fingerprint density at radius 1 is 1.35 bits per heavy atom. The summed E-state index contributed by atoms with van der Waals surface area (Å²) in [6.07, 6.45) is 6.96. The lowest BCUT2D eigenvalue weighted by Gasteiger charge is -2.35. The number of carbonyl (C=O) groups excluding carboxylic acids is 1. The van der Waals surface area contributed by atoms with Gasteiger partial charge in [-0.1, -0.05) is 32.0 Å². The van der Waals surface area contributed by atoms with Crippen LogP contribution in [0.15, 0.2) is 30.5 Å². The van der Waals surface area contributed by atoms with Crippen LogP contribution in [0.4, 0.5) is 0 Å². The molecule has 1 atom stereocenters. The van der Waals surface area contributed by atoms with Gasteiger partial charge < -0.3 is 16.0 Å². The lowest BCUT2D eigenvalue weighted by Crippen LogP contribution is -2.47. The molecule has 3 rings (SSSR count). The SMILES string of the molecule is CC1(C)CCC(NC(=O)[C@@H](N)Cc2c[nH]c3ccccc23)CC1. The molecule has 4 N–H and O–H groups in total. The minimum Gasteiger partial charge on any atom is -0.361 e. The van der Waals surface area contributed by atoms with Crippen LogP contribution >= 0.6 is 0 Å². The number of aromatic amines is 1. The Morgan fingerprint density at radius 2 is 2.04 bits per heavy atom. The van der Waals surface area contributed by atoms with Gasteiger partial charge in [0.2, 0.25) is 5.91 Å². The molecule has 1 aliphatic rings. The van der Waals surface area contributed by atoms with Gasteiger partial charge in [-0.2, -0.15) is 0 Å². The van der Waals surface area contributed by atoms with Crippen LogP contribution in [-0.4, -0.2) is 23.0 Å². The minimum atomic E-state index is -0.496. The van der Waals surface area contributed by atoms with E-state index >= 15 is 0 Å². The number of nitrogens with two attached hydrogens (primary N) is 1. The molecular formula is C19H27N3O. The first-order valence-electron chi connectivity index (χ1n) is 8.55. The number of carbonyl (C=O) groups is 1. The fourth-order valence-corrected chi connectivity index (χ4v) is 3.48. The van der Waals surface area contributed by atoms with Crippen molar-refractivity contribution < 1.29 is 4.79 Å². The third-order valence-electron chi connectivity index (χ3n) is 5.14. The second-order valence-corrected chi connectivity index (χ2v) is 7.62. The maximum Gasteiger partial charge on any atom is 0.237 e. The van der Waals surface area contributed by atoms with E-state index in [1.807, 2.05) is 24.4 Å². The fraction of sp³-hybridized carbons (Fsp3) is 0.526. The van der Waals surface area contributed by atoms with Gasteiger partial charge in [0.25, 0.3) is 0 Å². The van der Waals surface area contributed by atoms with Gasteiger partial charge in [0, 0.05) is 23.1 Å². The predicted molar refractivity (Wildman–Crippen MR) is 94.2 cm³/mol. The molecule has 1 aliphatic carbocycles. The third-order valence-corrected chi connectivity index (χ3v) is 5.14. The van der Waals surface area contributed by atoms with Crippen molar-refractivity contribution in [3.05, 3.63) is 36.0 Å². The van der Waals surface area contributed by atoms with E-state index in [4.69, 9.17) is 5.73 Å². The molecule has 23 heavy (non-hydrogen) atoms. The summed E-state index contributed by atoms with van der Waals surface area (Å²) in [5, 5.41) is 4.29. The Bertz CT molecular complexity index is 679. The number of amides is 1. The molecule has 4 nitrogen and oxygen atoms in total. The zero-order chi connectivity index (χ0) is 16.4. The molecule has 1 aromatic carbocycles. The van der Waals surface area contributed by atoms with Crippen molar-refractivity contribution in [2.75, 3.05) is 0 Å². The Morgan fingerprint density at radius 3 is 2.78 bits per heavy atom. The van der Waals surface area contributed by atoms with E-state index in [1.165, 1.54) is 0 Å². The maximum absolute atomic E-state index is 12.4.